The van der Waals surface area contributed by atoms with Crippen LogP contribution < -0.4 is 10.5 Å². The SMILES string of the molecule is COc1cccc(-n2nnc(C#N)c2N)c1. The molecule has 1 heterocycles. The number of rotatable bonds is 2. The van der Waals surface area contributed by atoms with Gasteiger partial charge >= 0.3 is 0 Å². The number of benzene rings is 1. The lowest BCUT2D eigenvalue weighted by atomic mass is 10.3. The second kappa shape index (κ2) is 3.90. The monoisotopic (exact) mass is 215 g/mol. The van der Waals surface area contributed by atoms with E-state index in [1.54, 1.807) is 25.3 Å². The van der Waals surface area contributed by atoms with E-state index in [2.05, 4.69) is 10.3 Å². The molecule has 0 spiro atoms. The Morgan fingerprint density at radius 1 is 1.50 bits per heavy atom. The van der Waals surface area contributed by atoms with Gasteiger partial charge in [-0.2, -0.15) is 9.94 Å². The number of hydrogen-bond acceptors (Lipinski definition) is 5. The van der Waals surface area contributed by atoms with Crippen LogP contribution in [0.25, 0.3) is 5.69 Å². The number of nitrogens with two attached hydrogens (primary N) is 1. The average molecular weight is 215 g/mol. The number of hydrogen-bond donors (Lipinski definition) is 1. The van der Waals surface area contributed by atoms with E-state index < -0.39 is 0 Å². The molecule has 6 nitrogen and oxygen atoms in total. The van der Waals surface area contributed by atoms with Gasteiger partial charge in [0.15, 0.2) is 5.82 Å². The maximum absolute atomic E-state index is 8.71. The Morgan fingerprint density at radius 2 is 2.31 bits per heavy atom. The molecule has 0 saturated heterocycles. The number of nitriles is 1. The topological polar surface area (TPSA) is 89.8 Å². The minimum absolute atomic E-state index is 0.114. The second-order valence-electron chi connectivity index (χ2n) is 3.05. The average Bonchev–Trinajstić information content (AvgIpc) is 2.70. The van der Waals surface area contributed by atoms with Gasteiger partial charge in [0.25, 0.3) is 0 Å². The molecule has 0 radical (unpaired) electrons. The zero-order valence-electron chi connectivity index (χ0n) is 8.58. The van der Waals surface area contributed by atoms with E-state index in [-0.39, 0.29) is 11.5 Å². The number of anilines is 1. The van der Waals surface area contributed by atoms with Crippen LogP contribution in [0.1, 0.15) is 5.69 Å². The van der Waals surface area contributed by atoms with Crippen molar-refractivity contribution in [2.24, 2.45) is 0 Å². The molecule has 0 fully saturated rings. The van der Waals surface area contributed by atoms with Crippen LogP contribution in [-0.4, -0.2) is 22.1 Å². The fraction of sp³-hybridized carbons (Fsp3) is 0.100. The number of nitrogens with zero attached hydrogens (tertiary/aromatic N) is 4. The molecular formula is C10H9N5O. The first-order chi connectivity index (χ1) is 7.76. The molecule has 6 heteroatoms. The Hall–Kier alpha value is -2.55. The summed E-state index contributed by atoms with van der Waals surface area (Å²) in [4.78, 5) is 0. The van der Waals surface area contributed by atoms with Crippen molar-refractivity contribution in [1.82, 2.24) is 15.0 Å². The molecule has 2 rings (SSSR count). The molecule has 80 valence electrons. The largest absolute Gasteiger partial charge is 0.497 e. The third-order valence-corrected chi connectivity index (χ3v) is 2.11. The third kappa shape index (κ3) is 1.54. The summed E-state index contributed by atoms with van der Waals surface area (Å²) in [5, 5.41) is 16.2. The molecule has 16 heavy (non-hydrogen) atoms. The van der Waals surface area contributed by atoms with E-state index in [0.717, 1.165) is 0 Å². The highest BCUT2D eigenvalue weighted by atomic mass is 16.5. The lowest BCUT2D eigenvalue weighted by molar-refractivity contribution is 0.414. The molecule has 0 aliphatic rings. The quantitative estimate of drug-likeness (QED) is 0.797. The summed E-state index contributed by atoms with van der Waals surface area (Å²) in [6.07, 6.45) is 0. The van der Waals surface area contributed by atoms with Crippen molar-refractivity contribution in [3.8, 4) is 17.5 Å². The van der Waals surface area contributed by atoms with Gasteiger partial charge in [-0.25, -0.2) is 0 Å². The molecule has 2 aromatic rings. The molecule has 0 aliphatic carbocycles. The van der Waals surface area contributed by atoms with E-state index in [9.17, 15) is 0 Å². The summed E-state index contributed by atoms with van der Waals surface area (Å²) in [6, 6.07) is 9.03. The van der Waals surface area contributed by atoms with Crippen LogP contribution in [0.5, 0.6) is 5.75 Å². The maximum atomic E-state index is 8.71. The molecule has 1 aromatic heterocycles. The first-order valence-corrected chi connectivity index (χ1v) is 4.52. The highest BCUT2D eigenvalue weighted by Crippen LogP contribution is 2.18. The minimum Gasteiger partial charge on any atom is -0.497 e. The Bertz CT molecular complexity index is 555. The molecule has 1 aromatic carbocycles. The fourth-order valence-corrected chi connectivity index (χ4v) is 1.30. The van der Waals surface area contributed by atoms with Gasteiger partial charge in [-0.1, -0.05) is 11.3 Å². The number of methoxy groups -OCH3 is 1. The summed E-state index contributed by atoms with van der Waals surface area (Å²) >= 11 is 0. The van der Waals surface area contributed by atoms with Crippen LogP contribution in [0.4, 0.5) is 5.82 Å². The Labute approximate surface area is 91.9 Å². The third-order valence-electron chi connectivity index (χ3n) is 2.11. The highest BCUT2D eigenvalue weighted by Gasteiger charge is 2.10. The molecule has 0 amide bonds. The predicted octanol–water partition coefficient (Wildman–Crippen LogP) is 0.730. The molecular weight excluding hydrogens is 206 g/mol. The summed E-state index contributed by atoms with van der Waals surface area (Å²) in [7, 11) is 1.57. The van der Waals surface area contributed by atoms with Crippen LogP contribution in [-0.2, 0) is 0 Å². The van der Waals surface area contributed by atoms with Crippen molar-refractivity contribution in [3.63, 3.8) is 0 Å². The maximum Gasteiger partial charge on any atom is 0.206 e. The number of nitrogen functional groups attached to an aromatic ring is 1. The molecule has 0 unspecified atom stereocenters. The molecule has 2 N–H and O–H groups in total. The number of ether oxygens (including phenoxy) is 1. The van der Waals surface area contributed by atoms with Crippen LogP contribution in [0.15, 0.2) is 24.3 Å². The normalized spacial score (nSPS) is 9.75. The van der Waals surface area contributed by atoms with Gasteiger partial charge in [0.1, 0.15) is 11.8 Å². The van der Waals surface area contributed by atoms with E-state index in [0.29, 0.717) is 11.4 Å². The minimum atomic E-state index is 0.114. The van der Waals surface area contributed by atoms with Crippen molar-refractivity contribution in [1.29, 1.82) is 5.26 Å². The summed E-state index contributed by atoms with van der Waals surface area (Å²) < 4.78 is 6.47. The van der Waals surface area contributed by atoms with Gasteiger partial charge < -0.3 is 10.5 Å². The Kier molecular flexibility index (Phi) is 2.44. The Balaban J connectivity index is 2.51. The fourth-order valence-electron chi connectivity index (χ4n) is 1.30. The first kappa shape index (κ1) is 9.98. The van der Waals surface area contributed by atoms with Gasteiger partial charge in [0.05, 0.1) is 12.8 Å². The van der Waals surface area contributed by atoms with Gasteiger partial charge in [0, 0.05) is 6.07 Å². The van der Waals surface area contributed by atoms with E-state index >= 15 is 0 Å². The van der Waals surface area contributed by atoms with Gasteiger partial charge in [-0.3, -0.25) is 0 Å². The summed E-state index contributed by atoms with van der Waals surface area (Å²) in [5.74, 6) is 0.904. The first-order valence-electron chi connectivity index (χ1n) is 4.52. The second-order valence-corrected chi connectivity index (χ2v) is 3.05. The smallest absolute Gasteiger partial charge is 0.206 e. The molecule has 0 saturated carbocycles. The van der Waals surface area contributed by atoms with E-state index in [1.807, 2.05) is 12.1 Å². The van der Waals surface area contributed by atoms with Crippen molar-refractivity contribution in [2.75, 3.05) is 12.8 Å². The molecule has 0 aliphatic heterocycles. The zero-order valence-corrected chi connectivity index (χ0v) is 8.58. The predicted molar refractivity (Wildman–Crippen MR) is 57.0 cm³/mol. The lowest BCUT2D eigenvalue weighted by Gasteiger charge is -2.04. The highest BCUT2D eigenvalue weighted by molar-refractivity contribution is 5.50. The van der Waals surface area contributed by atoms with Gasteiger partial charge in [0.2, 0.25) is 5.69 Å². The van der Waals surface area contributed by atoms with E-state index in [4.69, 9.17) is 15.7 Å². The Morgan fingerprint density at radius 3 is 2.94 bits per heavy atom. The summed E-state index contributed by atoms with van der Waals surface area (Å²) in [5.41, 5.74) is 6.53. The number of aromatic nitrogens is 3. The molecule has 0 atom stereocenters. The van der Waals surface area contributed by atoms with Gasteiger partial charge in [-0.05, 0) is 12.1 Å². The van der Waals surface area contributed by atoms with Crippen LogP contribution >= 0.6 is 0 Å². The van der Waals surface area contributed by atoms with Crippen molar-refractivity contribution in [3.05, 3.63) is 30.0 Å². The van der Waals surface area contributed by atoms with Crippen molar-refractivity contribution < 1.29 is 4.74 Å². The van der Waals surface area contributed by atoms with Gasteiger partial charge in [-0.15, -0.1) is 5.10 Å². The standard InChI is InChI=1S/C10H9N5O/c1-16-8-4-2-3-7(5-8)15-10(12)9(6-11)13-14-15/h2-5H,12H2,1H3. The van der Waals surface area contributed by atoms with Crippen LogP contribution in [0.3, 0.4) is 0 Å². The summed E-state index contributed by atoms with van der Waals surface area (Å²) in [6.45, 7) is 0. The van der Waals surface area contributed by atoms with Crippen molar-refractivity contribution in [2.45, 2.75) is 0 Å². The molecule has 0 bridgehead atoms. The van der Waals surface area contributed by atoms with Crippen LogP contribution in [0.2, 0.25) is 0 Å². The van der Waals surface area contributed by atoms with Crippen LogP contribution in [0, 0.1) is 11.3 Å². The zero-order chi connectivity index (χ0) is 11.5. The van der Waals surface area contributed by atoms with Crippen molar-refractivity contribution >= 4 is 5.82 Å². The van der Waals surface area contributed by atoms with E-state index in [1.165, 1.54) is 4.68 Å². The lowest BCUT2D eigenvalue weighted by Crippen LogP contribution is -2.02.